The summed E-state index contributed by atoms with van der Waals surface area (Å²) in [5, 5.41) is 3.39. The van der Waals surface area contributed by atoms with Gasteiger partial charge in [0.25, 0.3) is 0 Å². The van der Waals surface area contributed by atoms with Crippen LogP contribution in [0.15, 0.2) is 0 Å². The third kappa shape index (κ3) is 5.27. The van der Waals surface area contributed by atoms with Gasteiger partial charge in [0.15, 0.2) is 0 Å². The minimum Gasteiger partial charge on any atom is -0.327 e. The van der Waals surface area contributed by atoms with Gasteiger partial charge >= 0.3 is 0 Å². The maximum Gasteiger partial charge on any atom is 0.00797 e. The van der Waals surface area contributed by atoms with Crippen LogP contribution < -0.4 is 11.1 Å². The molecule has 0 aromatic rings. The van der Waals surface area contributed by atoms with Crippen molar-refractivity contribution >= 4 is 0 Å². The van der Waals surface area contributed by atoms with Gasteiger partial charge in [-0.1, -0.05) is 27.2 Å². The maximum atomic E-state index is 6.03. The second-order valence-corrected chi connectivity index (χ2v) is 3.54. The van der Waals surface area contributed by atoms with Crippen LogP contribution in [0, 0.1) is 5.92 Å². The molecule has 13 heavy (non-hydrogen) atoms. The molecule has 0 aromatic carbocycles. The monoisotopic (exact) mass is 186 g/mol. The van der Waals surface area contributed by atoms with E-state index in [9.17, 15) is 0 Å². The van der Waals surface area contributed by atoms with Crippen LogP contribution in [0.25, 0.3) is 0 Å². The molecule has 2 heteroatoms. The number of hydrogen-bond acceptors (Lipinski definition) is 2. The highest BCUT2D eigenvalue weighted by atomic mass is 14.9. The zero-order chi connectivity index (χ0) is 10.1. The van der Waals surface area contributed by atoms with Gasteiger partial charge in [0.2, 0.25) is 0 Å². The highest BCUT2D eigenvalue weighted by molar-refractivity contribution is 4.77. The third-order valence-corrected chi connectivity index (χ3v) is 2.61. The molecule has 0 saturated carbocycles. The van der Waals surface area contributed by atoms with E-state index in [0.717, 1.165) is 18.9 Å². The summed E-state index contributed by atoms with van der Waals surface area (Å²) in [7, 11) is 0. The van der Waals surface area contributed by atoms with E-state index in [4.69, 9.17) is 5.73 Å². The van der Waals surface area contributed by atoms with E-state index in [1.165, 1.54) is 25.8 Å². The quantitative estimate of drug-likeness (QED) is 0.693. The van der Waals surface area contributed by atoms with Crippen LogP contribution in [0.4, 0.5) is 0 Å². The minimum absolute atomic E-state index is 0.449. The van der Waals surface area contributed by atoms with E-state index < -0.39 is 0 Å². The van der Waals surface area contributed by atoms with Gasteiger partial charge in [0.05, 0.1) is 0 Å². The van der Waals surface area contributed by atoms with Gasteiger partial charge in [-0.05, 0) is 38.3 Å². The molecule has 2 unspecified atom stereocenters. The molecule has 0 aliphatic carbocycles. The zero-order valence-electron chi connectivity index (χ0n) is 9.47. The number of nitrogens with one attached hydrogen (secondary N) is 1. The second-order valence-electron chi connectivity index (χ2n) is 3.54. The van der Waals surface area contributed by atoms with Gasteiger partial charge in [-0.2, -0.15) is 0 Å². The Balaban J connectivity index is 0.000000671. The molecule has 1 aliphatic rings. The van der Waals surface area contributed by atoms with Crippen molar-refractivity contribution in [1.82, 2.24) is 5.32 Å². The van der Waals surface area contributed by atoms with Gasteiger partial charge in [-0.3, -0.25) is 0 Å². The highest BCUT2D eigenvalue weighted by Crippen LogP contribution is 2.17. The van der Waals surface area contributed by atoms with Crippen molar-refractivity contribution in [3.05, 3.63) is 0 Å². The molecule has 2 nitrogen and oxygen atoms in total. The molecule has 2 atom stereocenters. The van der Waals surface area contributed by atoms with Crippen molar-refractivity contribution in [3.63, 3.8) is 0 Å². The first kappa shape index (κ1) is 12.9. The minimum atomic E-state index is 0.449. The number of rotatable bonds is 2. The van der Waals surface area contributed by atoms with Gasteiger partial charge < -0.3 is 11.1 Å². The molecule has 3 N–H and O–H groups in total. The van der Waals surface area contributed by atoms with Crippen LogP contribution in [0.3, 0.4) is 0 Å². The molecule has 0 spiro atoms. The van der Waals surface area contributed by atoms with Crippen LogP contribution in [0.2, 0.25) is 0 Å². The standard InChI is InChI=1S/C9H20N2.C2H6/c1-2-3-8-4-6-11-7-5-9(8)10;1-2/h8-9,11H,2-7,10H2,1H3;1-2H3. The third-order valence-electron chi connectivity index (χ3n) is 2.61. The van der Waals surface area contributed by atoms with E-state index in [0.29, 0.717) is 6.04 Å². The maximum absolute atomic E-state index is 6.03. The van der Waals surface area contributed by atoms with Crippen molar-refractivity contribution in [2.24, 2.45) is 11.7 Å². The van der Waals surface area contributed by atoms with Crippen molar-refractivity contribution in [1.29, 1.82) is 0 Å². The fraction of sp³-hybridized carbons (Fsp3) is 1.00. The zero-order valence-corrected chi connectivity index (χ0v) is 9.47. The molecule has 1 fully saturated rings. The summed E-state index contributed by atoms with van der Waals surface area (Å²) in [5.41, 5.74) is 6.03. The summed E-state index contributed by atoms with van der Waals surface area (Å²) < 4.78 is 0. The van der Waals surface area contributed by atoms with Crippen LogP contribution in [0.1, 0.15) is 46.5 Å². The largest absolute Gasteiger partial charge is 0.327 e. The molecule has 1 aliphatic heterocycles. The van der Waals surface area contributed by atoms with Crippen LogP contribution in [-0.2, 0) is 0 Å². The van der Waals surface area contributed by atoms with Crippen molar-refractivity contribution in [2.75, 3.05) is 13.1 Å². The summed E-state index contributed by atoms with van der Waals surface area (Å²) in [6.07, 6.45) is 5.01. The fourth-order valence-electron chi connectivity index (χ4n) is 1.86. The van der Waals surface area contributed by atoms with E-state index >= 15 is 0 Å². The van der Waals surface area contributed by atoms with Crippen LogP contribution >= 0.6 is 0 Å². The average molecular weight is 186 g/mol. The van der Waals surface area contributed by atoms with Crippen molar-refractivity contribution in [3.8, 4) is 0 Å². The first-order valence-electron chi connectivity index (χ1n) is 5.81. The van der Waals surface area contributed by atoms with Gasteiger partial charge in [0.1, 0.15) is 0 Å². The summed E-state index contributed by atoms with van der Waals surface area (Å²) in [6.45, 7) is 8.52. The molecule has 80 valence electrons. The van der Waals surface area contributed by atoms with Gasteiger partial charge in [-0.15, -0.1) is 0 Å². The molecule has 0 amide bonds. The Kier molecular flexibility index (Phi) is 8.46. The second kappa shape index (κ2) is 8.52. The molecule has 1 heterocycles. The lowest BCUT2D eigenvalue weighted by atomic mass is 9.91. The smallest absolute Gasteiger partial charge is 0.00797 e. The Morgan fingerprint density at radius 2 is 1.85 bits per heavy atom. The predicted molar refractivity (Wildman–Crippen MR) is 59.8 cm³/mol. The number of nitrogens with two attached hydrogens (primary N) is 1. The average Bonchev–Trinajstić information content (AvgIpc) is 2.36. The van der Waals surface area contributed by atoms with E-state index in [2.05, 4.69) is 12.2 Å². The summed E-state index contributed by atoms with van der Waals surface area (Å²) in [5.74, 6) is 0.773. The Bertz CT molecular complexity index is 104. The Morgan fingerprint density at radius 1 is 1.23 bits per heavy atom. The summed E-state index contributed by atoms with van der Waals surface area (Å²) in [4.78, 5) is 0. The van der Waals surface area contributed by atoms with Crippen LogP contribution in [-0.4, -0.2) is 19.1 Å². The van der Waals surface area contributed by atoms with E-state index in [-0.39, 0.29) is 0 Å². The molecule has 0 aromatic heterocycles. The Morgan fingerprint density at radius 3 is 2.46 bits per heavy atom. The Hall–Kier alpha value is -0.0800. The molecule has 1 saturated heterocycles. The molecule has 0 bridgehead atoms. The topological polar surface area (TPSA) is 38.0 Å². The lowest BCUT2D eigenvalue weighted by Crippen LogP contribution is -2.29. The van der Waals surface area contributed by atoms with E-state index in [1.54, 1.807) is 0 Å². The van der Waals surface area contributed by atoms with Crippen molar-refractivity contribution < 1.29 is 0 Å². The first-order chi connectivity index (χ1) is 6.34. The van der Waals surface area contributed by atoms with Gasteiger partial charge in [-0.25, -0.2) is 0 Å². The normalized spacial score (nSPS) is 28.6. The molecular weight excluding hydrogens is 160 g/mol. The summed E-state index contributed by atoms with van der Waals surface area (Å²) in [6, 6.07) is 0.449. The lowest BCUT2D eigenvalue weighted by molar-refractivity contribution is 0.378. The predicted octanol–water partition coefficient (Wildman–Crippen LogP) is 2.14. The van der Waals surface area contributed by atoms with Crippen molar-refractivity contribution in [2.45, 2.75) is 52.5 Å². The highest BCUT2D eigenvalue weighted by Gasteiger charge is 2.18. The molecule has 1 rings (SSSR count). The number of hydrogen-bond donors (Lipinski definition) is 2. The molecular formula is C11H26N2. The lowest BCUT2D eigenvalue weighted by Gasteiger charge is -2.19. The molecule has 0 radical (unpaired) electrons. The first-order valence-corrected chi connectivity index (χ1v) is 5.81. The van der Waals surface area contributed by atoms with E-state index in [1.807, 2.05) is 13.8 Å². The fourth-order valence-corrected chi connectivity index (χ4v) is 1.86. The SMILES string of the molecule is CC.CCCC1CCNCCC1N. The van der Waals surface area contributed by atoms with Gasteiger partial charge in [0, 0.05) is 6.04 Å². The summed E-state index contributed by atoms with van der Waals surface area (Å²) >= 11 is 0. The Labute approximate surface area is 83.3 Å². The van der Waals surface area contributed by atoms with Crippen LogP contribution in [0.5, 0.6) is 0 Å².